The first-order chi connectivity index (χ1) is 16.5. The van der Waals surface area contributed by atoms with Crippen LogP contribution in [0, 0.1) is 0 Å². The zero-order chi connectivity index (χ0) is 24.3. The molecule has 34 heavy (non-hydrogen) atoms. The second-order valence-electron chi connectivity index (χ2n) is 7.70. The number of nitrogens with zero attached hydrogens (tertiary/aromatic N) is 1. The van der Waals surface area contributed by atoms with Crippen molar-refractivity contribution in [2.75, 3.05) is 26.3 Å². The highest BCUT2D eigenvalue weighted by Gasteiger charge is 2.34. The molecule has 1 unspecified atom stereocenters. The number of hydrogen-bond acceptors (Lipinski definition) is 6. The summed E-state index contributed by atoms with van der Waals surface area (Å²) in [5, 5.41) is 5.48. The maximum Gasteiger partial charge on any atom is 0.308 e. The van der Waals surface area contributed by atoms with E-state index < -0.39 is 17.9 Å². The van der Waals surface area contributed by atoms with Gasteiger partial charge < -0.3 is 19.7 Å². The highest BCUT2D eigenvalue weighted by atomic mass is 32.1. The minimum absolute atomic E-state index is 0.0769. The number of aryl methyl sites for hydroxylation is 1. The number of esters is 1. The van der Waals surface area contributed by atoms with Gasteiger partial charge in [0.05, 0.1) is 25.2 Å². The fourth-order valence-corrected chi connectivity index (χ4v) is 3.97. The van der Waals surface area contributed by atoms with Crippen LogP contribution in [-0.4, -0.2) is 60.1 Å². The summed E-state index contributed by atoms with van der Waals surface area (Å²) in [4.78, 5) is 39.3. The van der Waals surface area contributed by atoms with Crippen LogP contribution < -0.4 is 15.4 Å². The van der Waals surface area contributed by atoms with E-state index in [1.165, 1.54) is 5.56 Å². The highest BCUT2D eigenvalue weighted by Crippen LogP contribution is 2.18. The van der Waals surface area contributed by atoms with Gasteiger partial charge in [0.15, 0.2) is 5.11 Å². The first-order valence-corrected chi connectivity index (χ1v) is 11.7. The summed E-state index contributed by atoms with van der Waals surface area (Å²) in [5.74, 6) is -0.825. The summed E-state index contributed by atoms with van der Waals surface area (Å²) in [5.41, 5.74) is 1.51. The lowest BCUT2D eigenvalue weighted by Gasteiger charge is -2.36. The molecular formula is C25H29N3O5S. The summed E-state index contributed by atoms with van der Waals surface area (Å²) in [7, 11) is 0. The molecule has 9 heteroatoms. The Hall–Kier alpha value is -3.46. The molecule has 2 N–H and O–H groups in total. The van der Waals surface area contributed by atoms with Crippen molar-refractivity contribution in [1.82, 2.24) is 15.5 Å². The van der Waals surface area contributed by atoms with E-state index in [0.717, 1.165) is 6.42 Å². The van der Waals surface area contributed by atoms with Crippen molar-refractivity contribution in [3.8, 4) is 5.75 Å². The molecule has 1 fully saturated rings. The second kappa shape index (κ2) is 12.7. The number of piperazine rings is 1. The molecule has 1 aliphatic rings. The largest absolute Gasteiger partial charge is 0.493 e. The van der Waals surface area contributed by atoms with E-state index >= 15 is 0 Å². The molecule has 180 valence electrons. The molecule has 0 aliphatic carbocycles. The normalized spacial score (nSPS) is 15.3. The monoisotopic (exact) mass is 483 g/mol. The minimum atomic E-state index is -0.856. The third-order valence-electron chi connectivity index (χ3n) is 5.32. The number of thiocarbonyl (C=S) groups is 1. The van der Waals surface area contributed by atoms with Gasteiger partial charge in [0.25, 0.3) is 5.91 Å². The van der Waals surface area contributed by atoms with Crippen LogP contribution in [0.2, 0.25) is 0 Å². The smallest absolute Gasteiger partial charge is 0.308 e. The van der Waals surface area contributed by atoms with Crippen LogP contribution in [0.3, 0.4) is 0 Å². The Kier molecular flexibility index (Phi) is 9.40. The fraction of sp³-hybridized carbons (Fsp3) is 0.360. The van der Waals surface area contributed by atoms with Gasteiger partial charge in [0.2, 0.25) is 5.91 Å². The van der Waals surface area contributed by atoms with E-state index in [2.05, 4.69) is 10.6 Å². The first-order valence-electron chi connectivity index (χ1n) is 11.3. The van der Waals surface area contributed by atoms with Crippen molar-refractivity contribution >= 4 is 35.1 Å². The van der Waals surface area contributed by atoms with Crippen LogP contribution >= 0.6 is 12.2 Å². The molecule has 1 aliphatic heterocycles. The van der Waals surface area contributed by atoms with Crippen molar-refractivity contribution in [2.45, 2.75) is 32.2 Å². The van der Waals surface area contributed by atoms with Gasteiger partial charge in [-0.3, -0.25) is 19.7 Å². The van der Waals surface area contributed by atoms with Gasteiger partial charge in [-0.2, -0.15) is 0 Å². The predicted molar refractivity (Wildman–Crippen MR) is 132 cm³/mol. The maximum atomic E-state index is 12.8. The molecule has 3 rings (SSSR count). The van der Waals surface area contributed by atoms with Crippen molar-refractivity contribution in [1.29, 1.82) is 0 Å². The van der Waals surface area contributed by atoms with Crippen LogP contribution in [0.4, 0.5) is 0 Å². The lowest BCUT2D eigenvalue weighted by Crippen LogP contribution is -2.60. The Morgan fingerprint density at radius 1 is 1.15 bits per heavy atom. The Bertz CT molecular complexity index is 1010. The fourth-order valence-electron chi connectivity index (χ4n) is 3.66. The van der Waals surface area contributed by atoms with Crippen molar-refractivity contribution in [3.05, 3.63) is 65.7 Å². The van der Waals surface area contributed by atoms with Crippen LogP contribution in [0.15, 0.2) is 54.6 Å². The molecule has 8 nitrogen and oxygen atoms in total. The Balaban J connectivity index is 1.55. The standard InChI is InChI=1S/C25H29N3O5S/c1-2-32-21-13-7-6-12-19(21)23(30)27-25(34)28-15-14-26-24(31)20(28)17-22(29)33-16-8-11-18-9-4-3-5-10-18/h3-7,9-10,12-13,20H,2,8,11,14-17H2,1H3,(H,26,31)(H,27,30,34). The maximum absolute atomic E-state index is 12.8. The molecule has 0 aromatic heterocycles. The third kappa shape index (κ3) is 7.02. The van der Waals surface area contributed by atoms with E-state index in [1.807, 2.05) is 37.3 Å². The number of carbonyl (C=O) groups is 3. The molecule has 1 heterocycles. The molecule has 0 spiro atoms. The third-order valence-corrected chi connectivity index (χ3v) is 5.66. The SMILES string of the molecule is CCOc1ccccc1C(=O)NC(=S)N1CCNC(=O)C1CC(=O)OCCCc1ccccc1. The molecule has 1 saturated heterocycles. The van der Waals surface area contributed by atoms with Gasteiger partial charge in [0.1, 0.15) is 11.8 Å². The second-order valence-corrected chi connectivity index (χ2v) is 8.09. The minimum Gasteiger partial charge on any atom is -0.493 e. The van der Waals surface area contributed by atoms with E-state index in [-0.39, 0.29) is 24.0 Å². The summed E-state index contributed by atoms with van der Waals surface area (Å²) in [6, 6.07) is 15.9. The average Bonchev–Trinajstić information content (AvgIpc) is 2.84. The zero-order valence-corrected chi connectivity index (χ0v) is 19.9. The molecule has 1 atom stereocenters. The van der Waals surface area contributed by atoms with Crippen LogP contribution in [0.25, 0.3) is 0 Å². The van der Waals surface area contributed by atoms with Crippen molar-refractivity contribution in [3.63, 3.8) is 0 Å². The van der Waals surface area contributed by atoms with Gasteiger partial charge in [-0.05, 0) is 49.7 Å². The number of ether oxygens (including phenoxy) is 2. The van der Waals surface area contributed by atoms with Crippen molar-refractivity contribution < 1.29 is 23.9 Å². The summed E-state index contributed by atoms with van der Waals surface area (Å²) in [6.45, 7) is 3.22. The summed E-state index contributed by atoms with van der Waals surface area (Å²) in [6.07, 6.45) is 1.32. The Morgan fingerprint density at radius 3 is 2.65 bits per heavy atom. The number of para-hydroxylation sites is 1. The Labute approximate surface area is 204 Å². The number of nitrogens with one attached hydrogen (secondary N) is 2. The van der Waals surface area contributed by atoms with E-state index in [1.54, 1.807) is 29.2 Å². The van der Waals surface area contributed by atoms with E-state index in [9.17, 15) is 14.4 Å². The molecular weight excluding hydrogens is 454 g/mol. The summed E-state index contributed by atoms with van der Waals surface area (Å²) < 4.78 is 10.9. The molecule has 0 bridgehead atoms. The molecule has 0 radical (unpaired) electrons. The number of carbonyl (C=O) groups excluding carboxylic acids is 3. The lowest BCUT2D eigenvalue weighted by molar-refractivity contribution is -0.147. The van der Waals surface area contributed by atoms with Crippen LogP contribution in [0.5, 0.6) is 5.75 Å². The summed E-state index contributed by atoms with van der Waals surface area (Å²) >= 11 is 5.42. The average molecular weight is 484 g/mol. The predicted octanol–water partition coefficient (Wildman–Crippen LogP) is 2.47. The number of rotatable bonds is 9. The van der Waals surface area contributed by atoms with Crippen LogP contribution in [-0.2, 0) is 20.7 Å². The van der Waals surface area contributed by atoms with Gasteiger partial charge in [0, 0.05) is 13.1 Å². The van der Waals surface area contributed by atoms with Gasteiger partial charge in [-0.1, -0.05) is 42.5 Å². The van der Waals surface area contributed by atoms with Crippen LogP contribution in [0.1, 0.15) is 35.7 Å². The first kappa shape index (κ1) is 25.2. The number of benzene rings is 2. The van der Waals surface area contributed by atoms with Gasteiger partial charge in [-0.15, -0.1) is 0 Å². The molecule has 0 saturated carbocycles. The topological polar surface area (TPSA) is 97.0 Å². The van der Waals surface area contributed by atoms with Gasteiger partial charge in [-0.25, -0.2) is 0 Å². The van der Waals surface area contributed by atoms with Gasteiger partial charge >= 0.3 is 5.97 Å². The molecule has 2 aromatic carbocycles. The van der Waals surface area contributed by atoms with Crippen molar-refractivity contribution in [2.24, 2.45) is 0 Å². The molecule has 2 amide bonds. The highest BCUT2D eigenvalue weighted by molar-refractivity contribution is 7.80. The quantitative estimate of drug-likeness (QED) is 0.321. The van der Waals surface area contributed by atoms with E-state index in [0.29, 0.717) is 37.4 Å². The molecule has 2 aromatic rings. The lowest BCUT2D eigenvalue weighted by atomic mass is 10.1. The van der Waals surface area contributed by atoms with E-state index in [4.69, 9.17) is 21.7 Å². The number of amides is 2. The zero-order valence-electron chi connectivity index (χ0n) is 19.1. The Morgan fingerprint density at radius 2 is 1.88 bits per heavy atom. The number of hydrogen-bond donors (Lipinski definition) is 2.